The summed E-state index contributed by atoms with van der Waals surface area (Å²) >= 11 is 0. The maximum Gasteiger partial charge on any atom is 0.202 e. The zero-order chi connectivity index (χ0) is 17.7. The zero-order valence-corrected chi connectivity index (χ0v) is 15.5. The largest absolute Gasteiger partial charge is 0.372 e. The van der Waals surface area contributed by atoms with Gasteiger partial charge in [-0.05, 0) is 60.0 Å². The molecule has 1 N–H and O–H groups in total. The second kappa shape index (κ2) is 5.94. The van der Waals surface area contributed by atoms with Crippen LogP contribution in [0.1, 0.15) is 30.5 Å². The Labute approximate surface area is 153 Å². The van der Waals surface area contributed by atoms with Crippen LogP contribution in [0, 0.1) is 0 Å². The summed E-state index contributed by atoms with van der Waals surface area (Å²) in [5.74, 6) is 0. The molecule has 3 aromatic rings. The molecule has 3 nitrogen and oxygen atoms in total. The van der Waals surface area contributed by atoms with Gasteiger partial charge in [0.25, 0.3) is 0 Å². The van der Waals surface area contributed by atoms with E-state index in [2.05, 4.69) is 66.2 Å². The van der Waals surface area contributed by atoms with Crippen molar-refractivity contribution in [2.24, 2.45) is 4.99 Å². The summed E-state index contributed by atoms with van der Waals surface area (Å²) in [6, 6.07) is 15.9. The lowest BCUT2D eigenvalue weighted by atomic mass is 9.93. The fourth-order valence-electron chi connectivity index (χ4n) is 4.39. The standard InChI is InChI=1S/C23H23N3/c1-3-26(4-2)18-6-7-19-15(11-18)5-8-21-20(19)12-17-14-22-16(9-10-24-22)13-23(17)25-21/h5-8,11,13-14H,3-4,9-10,12H2,1-2H3/p+1. The van der Waals surface area contributed by atoms with Crippen molar-refractivity contribution in [2.45, 2.75) is 26.7 Å². The van der Waals surface area contributed by atoms with Crippen LogP contribution in [0.4, 0.5) is 11.4 Å². The molecule has 2 aliphatic heterocycles. The number of hydrogen-bond donors (Lipinski definition) is 1. The molecule has 0 spiro atoms. The van der Waals surface area contributed by atoms with Crippen LogP contribution >= 0.6 is 0 Å². The monoisotopic (exact) mass is 342 g/mol. The fourth-order valence-corrected chi connectivity index (χ4v) is 4.39. The summed E-state index contributed by atoms with van der Waals surface area (Å²) in [6.45, 7) is 7.54. The molecule has 2 heterocycles. The van der Waals surface area contributed by atoms with E-state index in [0.717, 1.165) is 43.5 Å². The molecule has 0 aromatic heterocycles. The molecule has 0 aliphatic carbocycles. The van der Waals surface area contributed by atoms with E-state index in [0.29, 0.717) is 0 Å². The lowest BCUT2D eigenvalue weighted by Gasteiger charge is -2.22. The van der Waals surface area contributed by atoms with Gasteiger partial charge in [0.1, 0.15) is 6.54 Å². The van der Waals surface area contributed by atoms with Crippen LogP contribution in [-0.2, 0) is 12.8 Å². The van der Waals surface area contributed by atoms with Crippen molar-refractivity contribution in [3.8, 4) is 0 Å². The van der Waals surface area contributed by atoms with Crippen molar-refractivity contribution >= 4 is 22.1 Å². The van der Waals surface area contributed by atoms with Gasteiger partial charge in [-0.15, -0.1) is 0 Å². The Morgan fingerprint density at radius 3 is 2.73 bits per heavy atom. The third-order valence-corrected chi connectivity index (χ3v) is 5.84. The average Bonchev–Trinajstić information content (AvgIpc) is 3.12. The quantitative estimate of drug-likeness (QED) is 0.604. The SMILES string of the molecule is CCN(CC)c1ccc2c3c(ccc2c1)N=c1cc2c(cc1C3)=[NH+]CC2. The smallest absolute Gasteiger partial charge is 0.202 e. The minimum Gasteiger partial charge on any atom is -0.372 e. The minimum absolute atomic E-state index is 0.963. The van der Waals surface area contributed by atoms with E-state index in [1.54, 1.807) is 0 Å². The first kappa shape index (κ1) is 15.6. The van der Waals surface area contributed by atoms with Gasteiger partial charge in [0.15, 0.2) is 0 Å². The van der Waals surface area contributed by atoms with Crippen molar-refractivity contribution in [1.82, 2.24) is 0 Å². The van der Waals surface area contributed by atoms with E-state index < -0.39 is 0 Å². The number of rotatable bonds is 3. The first-order valence-electron chi connectivity index (χ1n) is 9.69. The van der Waals surface area contributed by atoms with Crippen LogP contribution in [-0.4, -0.2) is 19.6 Å². The Bertz CT molecular complexity index is 1140. The van der Waals surface area contributed by atoms with Gasteiger partial charge in [0.05, 0.1) is 11.0 Å². The van der Waals surface area contributed by atoms with Gasteiger partial charge in [-0.2, -0.15) is 0 Å². The van der Waals surface area contributed by atoms with Gasteiger partial charge in [-0.3, -0.25) is 0 Å². The second-order valence-corrected chi connectivity index (χ2v) is 7.24. The highest BCUT2D eigenvalue weighted by molar-refractivity contribution is 5.92. The molecule has 0 fully saturated rings. The molecule has 3 aromatic carbocycles. The number of hydrogen-bond acceptors (Lipinski definition) is 2. The molecular formula is C23H24N3+. The van der Waals surface area contributed by atoms with Crippen LogP contribution in [0.5, 0.6) is 0 Å². The van der Waals surface area contributed by atoms with E-state index in [-0.39, 0.29) is 0 Å². The number of nitrogens with zero attached hydrogens (tertiary/aromatic N) is 2. The maximum atomic E-state index is 4.99. The van der Waals surface area contributed by atoms with E-state index in [1.807, 2.05) is 0 Å². The van der Waals surface area contributed by atoms with Crippen molar-refractivity contribution in [2.75, 3.05) is 24.5 Å². The fraction of sp³-hybridized carbons (Fsp3) is 0.304. The van der Waals surface area contributed by atoms with Crippen molar-refractivity contribution in [3.63, 3.8) is 0 Å². The molecule has 0 amide bonds. The number of benzene rings is 3. The molecule has 130 valence electrons. The van der Waals surface area contributed by atoms with E-state index in [4.69, 9.17) is 4.99 Å². The van der Waals surface area contributed by atoms with Crippen molar-refractivity contribution in [3.05, 3.63) is 69.9 Å². The lowest BCUT2D eigenvalue weighted by Crippen LogP contribution is -2.73. The summed E-state index contributed by atoms with van der Waals surface area (Å²) in [4.78, 5) is 10.9. The molecule has 26 heavy (non-hydrogen) atoms. The highest BCUT2D eigenvalue weighted by Crippen LogP contribution is 2.33. The van der Waals surface area contributed by atoms with Crippen LogP contribution in [0.2, 0.25) is 0 Å². The Morgan fingerprint density at radius 2 is 1.88 bits per heavy atom. The Kier molecular flexibility index (Phi) is 3.56. The molecule has 0 unspecified atom stereocenters. The summed E-state index contributed by atoms with van der Waals surface area (Å²) in [5, 5.41) is 5.10. The molecule has 0 radical (unpaired) electrons. The lowest BCUT2D eigenvalue weighted by molar-refractivity contribution is -0.490. The van der Waals surface area contributed by atoms with Gasteiger partial charge >= 0.3 is 0 Å². The highest BCUT2D eigenvalue weighted by Gasteiger charge is 2.18. The average molecular weight is 342 g/mol. The molecule has 0 atom stereocenters. The summed E-state index contributed by atoms with van der Waals surface area (Å²) in [7, 11) is 0. The summed E-state index contributed by atoms with van der Waals surface area (Å²) < 4.78 is 0. The second-order valence-electron chi connectivity index (χ2n) is 7.24. The minimum atomic E-state index is 0.963. The molecule has 3 heteroatoms. The number of anilines is 1. The highest BCUT2D eigenvalue weighted by atomic mass is 15.1. The maximum absolute atomic E-state index is 4.99. The molecule has 5 rings (SSSR count). The van der Waals surface area contributed by atoms with Gasteiger partial charge in [-0.25, -0.2) is 9.98 Å². The zero-order valence-electron chi connectivity index (χ0n) is 15.5. The van der Waals surface area contributed by atoms with E-state index >= 15 is 0 Å². The van der Waals surface area contributed by atoms with Gasteiger partial charge < -0.3 is 4.90 Å². The molecule has 0 bridgehead atoms. The van der Waals surface area contributed by atoms with Gasteiger partial charge in [-0.1, -0.05) is 12.1 Å². The van der Waals surface area contributed by atoms with Crippen LogP contribution < -0.4 is 20.6 Å². The predicted octanol–water partition coefficient (Wildman–Crippen LogP) is 1.80. The third-order valence-electron chi connectivity index (χ3n) is 5.84. The van der Waals surface area contributed by atoms with Crippen LogP contribution in [0.15, 0.2) is 47.5 Å². The first-order chi connectivity index (χ1) is 12.8. The van der Waals surface area contributed by atoms with Gasteiger partial charge in [0, 0.05) is 43.2 Å². The molecule has 0 saturated heterocycles. The Morgan fingerprint density at radius 1 is 1.00 bits per heavy atom. The van der Waals surface area contributed by atoms with E-state index in [9.17, 15) is 0 Å². The Hall–Kier alpha value is -2.68. The normalized spacial score (nSPS) is 14.2. The summed E-state index contributed by atoms with van der Waals surface area (Å²) in [5.41, 5.74) is 6.54. The van der Waals surface area contributed by atoms with E-state index in [1.165, 1.54) is 38.5 Å². The van der Waals surface area contributed by atoms with Crippen LogP contribution in [0.3, 0.4) is 0 Å². The summed E-state index contributed by atoms with van der Waals surface area (Å²) in [6.07, 6.45) is 2.07. The molecule has 2 aliphatic rings. The van der Waals surface area contributed by atoms with Crippen molar-refractivity contribution < 1.29 is 4.99 Å². The molecule has 0 saturated carbocycles. The predicted molar refractivity (Wildman–Crippen MR) is 106 cm³/mol. The molecular weight excluding hydrogens is 318 g/mol. The number of fused-ring (bicyclic) bond motifs is 5. The number of nitrogens with one attached hydrogen (secondary N) is 1. The third kappa shape index (κ3) is 2.34. The van der Waals surface area contributed by atoms with Crippen molar-refractivity contribution in [1.29, 1.82) is 0 Å². The van der Waals surface area contributed by atoms with Gasteiger partial charge in [0.2, 0.25) is 5.36 Å². The van der Waals surface area contributed by atoms with Crippen LogP contribution in [0.25, 0.3) is 10.8 Å². The topological polar surface area (TPSA) is 29.6 Å². The Balaban J connectivity index is 1.67. The first-order valence-corrected chi connectivity index (χ1v) is 9.69.